The van der Waals surface area contributed by atoms with Crippen LogP contribution < -0.4 is 10.6 Å². The summed E-state index contributed by atoms with van der Waals surface area (Å²) in [6.45, 7) is 6.69. The van der Waals surface area contributed by atoms with Crippen molar-refractivity contribution in [2.45, 2.75) is 51.8 Å². The number of aryl methyl sites for hydroxylation is 2. The molecule has 3 N–H and O–H groups in total. The van der Waals surface area contributed by atoms with Gasteiger partial charge < -0.3 is 15.7 Å². The van der Waals surface area contributed by atoms with Crippen LogP contribution in [0.1, 0.15) is 47.1 Å². The predicted molar refractivity (Wildman–Crippen MR) is 106 cm³/mol. The fraction of sp³-hybridized carbons (Fsp3) is 0.476. The number of hydrogen-bond acceptors (Lipinski definition) is 5. The van der Waals surface area contributed by atoms with E-state index in [9.17, 15) is 14.7 Å². The number of aliphatic hydroxyl groups is 1. The SMILES string of the molecule is CC(=O)c1c(C)nn(CCC(=O)N[C@@]2(c3ccccc3)CCNC[C@H]2O)c1C. The average molecular weight is 384 g/mol. The van der Waals surface area contributed by atoms with E-state index < -0.39 is 11.6 Å². The van der Waals surface area contributed by atoms with Crippen molar-refractivity contribution in [3.05, 3.63) is 52.8 Å². The summed E-state index contributed by atoms with van der Waals surface area (Å²) >= 11 is 0. The van der Waals surface area contributed by atoms with E-state index in [1.165, 1.54) is 6.92 Å². The largest absolute Gasteiger partial charge is 0.389 e. The maximum Gasteiger partial charge on any atom is 0.222 e. The van der Waals surface area contributed by atoms with Crippen LogP contribution >= 0.6 is 0 Å². The zero-order valence-electron chi connectivity index (χ0n) is 16.7. The molecule has 1 saturated heterocycles. The number of nitrogens with one attached hydrogen (secondary N) is 2. The van der Waals surface area contributed by atoms with Crippen LogP contribution in [0.25, 0.3) is 0 Å². The van der Waals surface area contributed by atoms with Gasteiger partial charge in [0, 0.05) is 25.2 Å². The minimum atomic E-state index is -0.802. The highest BCUT2D eigenvalue weighted by Crippen LogP contribution is 2.31. The van der Waals surface area contributed by atoms with E-state index in [0.717, 1.165) is 11.3 Å². The van der Waals surface area contributed by atoms with Gasteiger partial charge in [-0.15, -0.1) is 0 Å². The zero-order chi connectivity index (χ0) is 20.3. The number of nitrogens with zero attached hydrogens (tertiary/aromatic N) is 2. The number of rotatable bonds is 6. The van der Waals surface area contributed by atoms with Crippen LogP contribution in [0.15, 0.2) is 30.3 Å². The summed E-state index contributed by atoms with van der Waals surface area (Å²) in [7, 11) is 0. The van der Waals surface area contributed by atoms with Gasteiger partial charge >= 0.3 is 0 Å². The Bertz CT molecular complexity index is 862. The van der Waals surface area contributed by atoms with Crippen LogP contribution in [0, 0.1) is 13.8 Å². The Labute approximate surface area is 165 Å². The molecule has 1 aromatic heterocycles. The fourth-order valence-corrected chi connectivity index (χ4v) is 4.10. The lowest BCUT2D eigenvalue weighted by Crippen LogP contribution is -2.61. The summed E-state index contributed by atoms with van der Waals surface area (Å²) in [6, 6.07) is 9.63. The molecule has 0 aliphatic carbocycles. The maximum absolute atomic E-state index is 12.8. The molecule has 7 heteroatoms. The molecule has 0 radical (unpaired) electrons. The Hall–Kier alpha value is -2.51. The Balaban J connectivity index is 1.75. The van der Waals surface area contributed by atoms with E-state index in [4.69, 9.17) is 0 Å². The third-order valence-corrected chi connectivity index (χ3v) is 5.54. The molecule has 1 aliphatic rings. The average Bonchev–Trinajstić information content (AvgIpc) is 2.96. The summed E-state index contributed by atoms with van der Waals surface area (Å²) in [5.41, 5.74) is 2.18. The summed E-state index contributed by atoms with van der Waals surface area (Å²) < 4.78 is 1.71. The maximum atomic E-state index is 12.8. The molecule has 2 atom stereocenters. The number of aromatic nitrogens is 2. The molecule has 1 aromatic carbocycles. The van der Waals surface area contributed by atoms with E-state index in [-0.39, 0.29) is 18.1 Å². The smallest absolute Gasteiger partial charge is 0.222 e. The molecule has 150 valence electrons. The molecule has 0 unspecified atom stereocenters. The van der Waals surface area contributed by atoms with Gasteiger partial charge in [0.1, 0.15) is 0 Å². The lowest BCUT2D eigenvalue weighted by Gasteiger charge is -2.43. The van der Waals surface area contributed by atoms with Crippen LogP contribution in [0.4, 0.5) is 0 Å². The first-order valence-corrected chi connectivity index (χ1v) is 9.65. The number of carbonyl (C=O) groups is 2. The van der Waals surface area contributed by atoms with Crippen molar-refractivity contribution in [3.63, 3.8) is 0 Å². The highest BCUT2D eigenvalue weighted by atomic mass is 16.3. The zero-order valence-corrected chi connectivity index (χ0v) is 16.7. The van der Waals surface area contributed by atoms with Crippen LogP contribution in [0.2, 0.25) is 0 Å². The van der Waals surface area contributed by atoms with Gasteiger partial charge in [-0.25, -0.2) is 0 Å². The topological polar surface area (TPSA) is 96.2 Å². The van der Waals surface area contributed by atoms with Gasteiger partial charge in [0.05, 0.1) is 22.9 Å². The molecule has 0 bridgehead atoms. The second-order valence-electron chi connectivity index (χ2n) is 7.43. The van der Waals surface area contributed by atoms with Crippen LogP contribution in [0.3, 0.4) is 0 Å². The van der Waals surface area contributed by atoms with Crippen molar-refractivity contribution in [1.29, 1.82) is 0 Å². The first-order valence-electron chi connectivity index (χ1n) is 9.65. The number of amides is 1. The van der Waals surface area contributed by atoms with Gasteiger partial charge in [0.2, 0.25) is 5.91 Å². The van der Waals surface area contributed by atoms with Crippen molar-refractivity contribution in [1.82, 2.24) is 20.4 Å². The Kier molecular flexibility index (Phi) is 5.96. The number of piperidine rings is 1. The number of benzene rings is 1. The van der Waals surface area contributed by atoms with Crippen molar-refractivity contribution in [2.24, 2.45) is 0 Å². The van der Waals surface area contributed by atoms with E-state index in [1.54, 1.807) is 11.6 Å². The Morgan fingerprint density at radius 3 is 2.64 bits per heavy atom. The number of ketones is 1. The first kappa shape index (κ1) is 20.2. The van der Waals surface area contributed by atoms with Gasteiger partial charge in [-0.2, -0.15) is 5.10 Å². The number of hydrogen-bond donors (Lipinski definition) is 3. The minimum absolute atomic E-state index is 0.0217. The van der Waals surface area contributed by atoms with Gasteiger partial charge in [-0.1, -0.05) is 30.3 Å². The Morgan fingerprint density at radius 2 is 2.04 bits per heavy atom. The normalized spacial score (nSPS) is 22.1. The monoisotopic (exact) mass is 384 g/mol. The molecule has 2 aromatic rings. The molecule has 1 aliphatic heterocycles. The Morgan fingerprint density at radius 1 is 1.32 bits per heavy atom. The van der Waals surface area contributed by atoms with E-state index in [1.807, 2.05) is 37.3 Å². The van der Waals surface area contributed by atoms with Crippen molar-refractivity contribution >= 4 is 11.7 Å². The molecular formula is C21H28N4O3. The standard InChI is InChI=1S/C21H28N4O3/c1-14-20(16(3)26)15(2)25(24-14)12-9-19(28)23-21(10-11-22-13-18(21)27)17-7-5-4-6-8-17/h4-8,18,22,27H,9-13H2,1-3H3,(H,23,28)/t18-,21-/m1/s1. The van der Waals surface area contributed by atoms with Gasteiger partial charge in [0.25, 0.3) is 0 Å². The van der Waals surface area contributed by atoms with Crippen LogP contribution in [-0.2, 0) is 16.9 Å². The number of aliphatic hydroxyl groups excluding tert-OH is 1. The molecule has 7 nitrogen and oxygen atoms in total. The quantitative estimate of drug-likeness (QED) is 0.655. The third kappa shape index (κ3) is 3.86. The second-order valence-corrected chi connectivity index (χ2v) is 7.43. The second kappa shape index (κ2) is 8.24. The van der Waals surface area contributed by atoms with E-state index in [2.05, 4.69) is 15.7 Å². The summed E-state index contributed by atoms with van der Waals surface area (Å²) in [5.74, 6) is -0.173. The van der Waals surface area contributed by atoms with Gasteiger partial charge in [-0.3, -0.25) is 14.3 Å². The van der Waals surface area contributed by atoms with Crippen LogP contribution in [0.5, 0.6) is 0 Å². The number of β-amino-alcohol motifs (C(OH)–C–C–N with tert-alkyl or cyclic N) is 1. The fourth-order valence-electron chi connectivity index (χ4n) is 4.10. The summed E-state index contributed by atoms with van der Waals surface area (Å²) in [5, 5.41) is 21.4. The van der Waals surface area contributed by atoms with Gasteiger partial charge in [-0.05, 0) is 39.3 Å². The minimum Gasteiger partial charge on any atom is -0.389 e. The third-order valence-electron chi connectivity index (χ3n) is 5.54. The molecule has 0 saturated carbocycles. The summed E-state index contributed by atoms with van der Waals surface area (Å²) in [6.07, 6.45) is 0.109. The van der Waals surface area contributed by atoms with E-state index >= 15 is 0 Å². The lowest BCUT2D eigenvalue weighted by molar-refractivity contribution is -0.126. The van der Waals surface area contributed by atoms with Crippen molar-refractivity contribution < 1.29 is 14.7 Å². The highest BCUT2D eigenvalue weighted by Gasteiger charge is 2.42. The molecule has 0 spiro atoms. The first-order chi connectivity index (χ1) is 13.3. The molecule has 28 heavy (non-hydrogen) atoms. The molecule has 2 heterocycles. The number of Topliss-reactive ketones (excluding diaryl/α,β-unsaturated/α-hetero) is 1. The van der Waals surface area contributed by atoms with E-state index in [0.29, 0.717) is 37.3 Å². The lowest BCUT2D eigenvalue weighted by atomic mass is 9.79. The van der Waals surface area contributed by atoms with Crippen molar-refractivity contribution in [3.8, 4) is 0 Å². The van der Waals surface area contributed by atoms with Crippen LogP contribution in [-0.4, -0.2) is 45.8 Å². The number of carbonyl (C=O) groups excluding carboxylic acids is 2. The summed E-state index contributed by atoms with van der Waals surface area (Å²) in [4.78, 5) is 24.6. The molecular weight excluding hydrogens is 356 g/mol. The predicted octanol–water partition coefficient (Wildman–Crippen LogP) is 1.46. The van der Waals surface area contributed by atoms with Crippen molar-refractivity contribution in [2.75, 3.05) is 13.1 Å². The molecule has 1 fully saturated rings. The molecule has 1 amide bonds. The molecule has 3 rings (SSSR count). The highest BCUT2D eigenvalue weighted by molar-refractivity contribution is 5.96. The van der Waals surface area contributed by atoms with Gasteiger partial charge in [0.15, 0.2) is 5.78 Å².